The number of hydrogen-bond acceptors (Lipinski definition) is 2. The fraction of sp³-hybridized carbons (Fsp3) is 0.111. The molecule has 0 saturated heterocycles. The third-order valence-electron chi connectivity index (χ3n) is 1.51. The van der Waals surface area contributed by atoms with Crippen molar-refractivity contribution in [1.29, 1.82) is 0 Å². The molecule has 12 heavy (non-hydrogen) atoms. The largest absolute Gasteiger partial charge is 0.508 e. The van der Waals surface area contributed by atoms with Crippen LogP contribution in [0.5, 0.6) is 5.75 Å². The second kappa shape index (κ2) is 3.74. The number of rotatable bonds is 2. The molecule has 0 aliphatic heterocycles. The van der Waals surface area contributed by atoms with E-state index in [1.54, 1.807) is 12.1 Å². The Labute approximate surface area is 79.3 Å². The minimum absolute atomic E-state index is 0.186. The van der Waals surface area contributed by atoms with Crippen molar-refractivity contribution in [3.8, 4) is 5.75 Å². The molecular formula is C9H9BrO2. The molecule has 1 atom stereocenters. The predicted octanol–water partition coefficient (Wildman–Crippen LogP) is 2.33. The number of aliphatic hydroxyl groups excluding tert-OH is 1. The summed E-state index contributed by atoms with van der Waals surface area (Å²) in [5.41, 5.74) is 0.703. The molecule has 0 radical (unpaired) electrons. The van der Waals surface area contributed by atoms with Crippen molar-refractivity contribution in [2.45, 2.75) is 6.10 Å². The van der Waals surface area contributed by atoms with E-state index in [0.29, 0.717) is 10.0 Å². The van der Waals surface area contributed by atoms with Crippen molar-refractivity contribution in [2.24, 2.45) is 0 Å². The maximum atomic E-state index is 9.46. The topological polar surface area (TPSA) is 40.5 Å². The zero-order chi connectivity index (χ0) is 9.14. The summed E-state index contributed by atoms with van der Waals surface area (Å²) in [5.74, 6) is 0.186. The lowest BCUT2D eigenvalue weighted by Gasteiger charge is -2.08. The minimum atomic E-state index is -0.717. The fourth-order valence-corrected chi connectivity index (χ4v) is 1.10. The molecule has 1 aromatic carbocycles. The van der Waals surface area contributed by atoms with Gasteiger partial charge in [-0.3, -0.25) is 0 Å². The zero-order valence-electron chi connectivity index (χ0n) is 6.37. The first-order valence-electron chi connectivity index (χ1n) is 3.42. The van der Waals surface area contributed by atoms with Crippen molar-refractivity contribution >= 4 is 15.9 Å². The van der Waals surface area contributed by atoms with Crippen LogP contribution < -0.4 is 0 Å². The Kier molecular flexibility index (Phi) is 2.89. The highest BCUT2D eigenvalue weighted by Gasteiger charge is 2.07. The van der Waals surface area contributed by atoms with Gasteiger partial charge in [0.05, 0.1) is 0 Å². The SMILES string of the molecule is C=C(Br)C(O)c1ccc(O)cc1. The van der Waals surface area contributed by atoms with Gasteiger partial charge in [-0.1, -0.05) is 34.6 Å². The van der Waals surface area contributed by atoms with E-state index < -0.39 is 6.10 Å². The lowest BCUT2D eigenvalue weighted by atomic mass is 10.1. The number of halogens is 1. The van der Waals surface area contributed by atoms with Gasteiger partial charge >= 0.3 is 0 Å². The summed E-state index contributed by atoms with van der Waals surface area (Å²) in [4.78, 5) is 0. The van der Waals surface area contributed by atoms with E-state index in [9.17, 15) is 5.11 Å². The van der Waals surface area contributed by atoms with E-state index in [2.05, 4.69) is 22.5 Å². The quantitative estimate of drug-likeness (QED) is 0.816. The summed E-state index contributed by atoms with van der Waals surface area (Å²) in [5, 5.41) is 18.4. The first-order valence-corrected chi connectivity index (χ1v) is 4.22. The Hall–Kier alpha value is -0.800. The maximum Gasteiger partial charge on any atom is 0.115 e. The first-order chi connectivity index (χ1) is 5.61. The lowest BCUT2D eigenvalue weighted by Crippen LogP contribution is -1.94. The van der Waals surface area contributed by atoms with E-state index >= 15 is 0 Å². The van der Waals surface area contributed by atoms with Crippen molar-refractivity contribution in [1.82, 2.24) is 0 Å². The molecule has 0 saturated carbocycles. The summed E-state index contributed by atoms with van der Waals surface area (Å²) in [6, 6.07) is 6.34. The van der Waals surface area contributed by atoms with Gasteiger partial charge in [0.1, 0.15) is 11.9 Å². The van der Waals surface area contributed by atoms with Crippen LogP contribution in [0.1, 0.15) is 11.7 Å². The van der Waals surface area contributed by atoms with Gasteiger partial charge in [-0.05, 0) is 17.7 Å². The van der Waals surface area contributed by atoms with E-state index in [1.165, 1.54) is 12.1 Å². The highest BCUT2D eigenvalue weighted by Crippen LogP contribution is 2.25. The molecule has 0 bridgehead atoms. The van der Waals surface area contributed by atoms with Crippen LogP contribution in [0.25, 0.3) is 0 Å². The highest BCUT2D eigenvalue weighted by molar-refractivity contribution is 9.11. The third-order valence-corrected chi connectivity index (χ3v) is 1.94. The Balaban J connectivity index is 2.89. The normalized spacial score (nSPS) is 12.5. The van der Waals surface area contributed by atoms with Gasteiger partial charge in [-0.15, -0.1) is 0 Å². The molecule has 64 valence electrons. The van der Waals surface area contributed by atoms with Crippen LogP contribution in [0.15, 0.2) is 35.3 Å². The molecule has 2 N–H and O–H groups in total. The number of hydrogen-bond donors (Lipinski definition) is 2. The molecule has 3 heteroatoms. The van der Waals surface area contributed by atoms with Gasteiger partial charge in [0.25, 0.3) is 0 Å². The summed E-state index contributed by atoms with van der Waals surface area (Å²) < 4.78 is 0.508. The molecule has 0 aliphatic rings. The van der Waals surface area contributed by atoms with Crippen LogP contribution in [0.4, 0.5) is 0 Å². The molecule has 1 aromatic rings. The van der Waals surface area contributed by atoms with Gasteiger partial charge in [0.15, 0.2) is 0 Å². The van der Waals surface area contributed by atoms with Gasteiger partial charge in [-0.2, -0.15) is 0 Å². The van der Waals surface area contributed by atoms with Crippen molar-refractivity contribution < 1.29 is 10.2 Å². The number of benzene rings is 1. The Bertz CT molecular complexity index is 279. The molecule has 0 fully saturated rings. The monoisotopic (exact) mass is 228 g/mol. The second-order valence-corrected chi connectivity index (χ2v) is 3.46. The zero-order valence-corrected chi connectivity index (χ0v) is 7.95. The summed E-state index contributed by atoms with van der Waals surface area (Å²) in [6.45, 7) is 3.56. The van der Waals surface area contributed by atoms with E-state index in [4.69, 9.17) is 5.11 Å². The molecule has 0 spiro atoms. The number of phenols is 1. The predicted molar refractivity (Wildman–Crippen MR) is 51.1 cm³/mol. The smallest absolute Gasteiger partial charge is 0.115 e. The molecule has 2 nitrogen and oxygen atoms in total. The van der Waals surface area contributed by atoms with Crippen LogP contribution in [-0.4, -0.2) is 10.2 Å². The maximum absolute atomic E-state index is 9.46. The molecule has 0 heterocycles. The number of aliphatic hydroxyl groups is 1. The Morgan fingerprint density at radius 2 is 1.83 bits per heavy atom. The lowest BCUT2D eigenvalue weighted by molar-refractivity contribution is 0.226. The van der Waals surface area contributed by atoms with Crippen molar-refractivity contribution in [3.05, 3.63) is 40.9 Å². The molecular weight excluding hydrogens is 220 g/mol. The molecule has 0 aliphatic carbocycles. The van der Waals surface area contributed by atoms with E-state index in [1.807, 2.05) is 0 Å². The molecule has 1 unspecified atom stereocenters. The summed E-state index contributed by atoms with van der Waals surface area (Å²) in [7, 11) is 0. The number of aromatic hydroxyl groups is 1. The summed E-state index contributed by atoms with van der Waals surface area (Å²) >= 11 is 3.09. The van der Waals surface area contributed by atoms with E-state index in [0.717, 1.165) is 0 Å². The van der Waals surface area contributed by atoms with Crippen LogP contribution >= 0.6 is 15.9 Å². The van der Waals surface area contributed by atoms with E-state index in [-0.39, 0.29) is 5.75 Å². The minimum Gasteiger partial charge on any atom is -0.508 e. The van der Waals surface area contributed by atoms with Gasteiger partial charge in [0.2, 0.25) is 0 Å². The second-order valence-electron chi connectivity index (χ2n) is 2.44. The van der Waals surface area contributed by atoms with Crippen LogP contribution in [0.2, 0.25) is 0 Å². The van der Waals surface area contributed by atoms with Gasteiger partial charge < -0.3 is 10.2 Å². The molecule has 0 aromatic heterocycles. The average molecular weight is 229 g/mol. The van der Waals surface area contributed by atoms with Crippen molar-refractivity contribution in [2.75, 3.05) is 0 Å². The molecule has 0 amide bonds. The highest BCUT2D eigenvalue weighted by atomic mass is 79.9. The third kappa shape index (κ3) is 2.09. The van der Waals surface area contributed by atoms with Gasteiger partial charge in [0, 0.05) is 4.48 Å². The van der Waals surface area contributed by atoms with Crippen LogP contribution in [0, 0.1) is 0 Å². The average Bonchev–Trinajstić information content (AvgIpc) is 2.04. The number of phenolic OH excluding ortho intramolecular Hbond substituents is 1. The Morgan fingerprint density at radius 3 is 2.25 bits per heavy atom. The first kappa shape index (κ1) is 9.29. The van der Waals surface area contributed by atoms with Gasteiger partial charge in [-0.25, -0.2) is 0 Å². The van der Waals surface area contributed by atoms with Crippen LogP contribution in [0.3, 0.4) is 0 Å². The Morgan fingerprint density at radius 1 is 1.33 bits per heavy atom. The summed E-state index contributed by atoms with van der Waals surface area (Å²) in [6.07, 6.45) is -0.717. The van der Waals surface area contributed by atoms with Crippen LogP contribution in [-0.2, 0) is 0 Å². The molecule has 1 rings (SSSR count). The van der Waals surface area contributed by atoms with Crippen molar-refractivity contribution in [3.63, 3.8) is 0 Å². The standard InChI is InChI=1S/C9H9BrO2/c1-6(10)9(12)7-2-4-8(11)5-3-7/h2-5,9,11-12H,1H2. The fourth-order valence-electron chi connectivity index (χ4n) is 0.837.